The number of hydrogen-bond donors (Lipinski definition) is 1. The predicted molar refractivity (Wildman–Crippen MR) is 108 cm³/mol. The lowest BCUT2D eigenvalue weighted by Gasteiger charge is -2.16. The summed E-state index contributed by atoms with van der Waals surface area (Å²) >= 11 is 0. The minimum atomic E-state index is -1.29. The first-order chi connectivity index (χ1) is 12.8. The molecule has 0 bridgehead atoms. The van der Waals surface area contributed by atoms with Crippen LogP contribution < -0.4 is 10.2 Å². The molecule has 0 aliphatic rings. The van der Waals surface area contributed by atoms with E-state index in [1.54, 1.807) is 43.3 Å². The highest BCUT2D eigenvalue weighted by molar-refractivity contribution is 7.85. The maximum Gasteiger partial charge on any atom is 0.340 e. The van der Waals surface area contributed by atoms with E-state index in [4.69, 9.17) is 4.74 Å². The SMILES string of the molecule is CCS(=O)c1ccccc1C(=O)OC(C)C(=O)Nc1ccc(N(C)C)cc1. The molecule has 144 valence electrons. The summed E-state index contributed by atoms with van der Waals surface area (Å²) in [6.07, 6.45) is -0.992. The Balaban J connectivity index is 2.04. The van der Waals surface area contributed by atoms with Gasteiger partial charge in [-0.2, -0.15) is 0 Å². The number of nitrogens with one attached hydrogen (secondary N) is 1. The smallest absolute Gasteiger partial charge is 0.340 e. The van der Waals surface area contributed by atoms with Crippen LogP contribution in [-0.4, -0.2) is 42.0 Å². The van der Waals surface area contributed by atoms with E-state index in [0.717, 1.165) is 5.69 Å². The van der Waals surface area contributed by atoms with Crippen molar-refractivity contribution in [2.45, 2.75) is 24.8 Å². The van der Waals surface area contributed by atoms with Crippen molar-refractivity contribution < 1.29 is 18.5 Å². The lowest BCUT2D eigenvalue weighted by molar-refractivity contribution is -0.123. The highest BCUT2D eigenvalue weighted by atomic mass is 32.2. The Bertz CT molecular complexity index is 834. The molecule has 0 spiro atoms. The fraction of sp³-hybridized carbons (Fsp3) is 0.300. The zero-order valence-corrected chi connectivity index (χ0v) is 16.7. The molecule has 0 aliphatic heterocycles. The summed E-state index contributed by atoms with van der Waals surface area (Å²) in [5.41, 5.74) is 1.83. The van der Waals surface area contributed by atoms with E-state index in [-0.39, 0.29) is 5.56 Å². The van der Waals surface area contributed by atoms with Gasteiger partial charge in [-0.25, -0.2) is 4.79 Å². The van der Waals surface area contributed by atoms with Gasteiger partial charge in [-0.3, -0.25) is 9.00 Å². The molecule has 2 aromatic rings. The Kier molecular flexibility index (Phi) is 7.12. The van der Waals surface area contributed by atoms with Crippen LogP contribution in [-0.2, 0) is 20.3 Å². The van der Waals surface area contributed by atoms with E-state index in [2.05, 4.69) is 5.32 Å². The molecule has 2 atom stereocenters. The fourth-order valence-corrected chi connectivity index (χ4v) is 3.29. The second-order valence-corrected chi connectivity index (χ2v) is 7.82. The summed E-state index contributed by atoms with van der Waals surface area (Å²) in [6, 6.07) is 13.9. The van der Waals surface area contributed by atoms with E-state index >= 15 is 0 Å². The highest BCUT2D eigenvalue weighted by Gasteiger charge is 2.22. The maximum atomic E-state index is 12.4. The first-order valence-corrected chi connectivity index (χ1v) is 9.92. The number of esters is 1. The summed E-state index contributed by atoms with van der Waals surface area (Å²) < 4.78 is 17.4. The molecule has 7 heteroatoms. The van der Waals surface area contributed by atoms with Gasteiger partial charge in [0.2, 0.25) is 0 Å². The molecule has 2 aromatic carbocycles. The number of hydrogen-bond acceptors (Lipinski definition) is 5. The number of ether oxygens (including phenoxy) is 1. The van der Waals surface area contributed by atoms with Gasteiger partial charge in [0.1, 0.15) is 0 Å². The first kappa shape index (κ1) is 20.6. The minimum absolute atomic E-state index is 0.215. The number of amides is 1. The van der Waals surface area contributed by atoms with E-state index in [9.17, 15) is 13.8 Å². The molecule has 2 rings (SSSR count). The number of benzene rings is 2. The molecule has 6 nitrogen and oxygen atoms in total. The molecule has 0 radical (unpaired) electrons. The molecule has 0 heterocycles. The Morgan fingerprint density at radius 3 is 2.33 bits per heavy atom. The van der Waals surface area contributed by atoms with Gasteiger partial charge >= 0.3 is 5.97 Å². The Hall–Kier alpha value is -2.67. The molecule has 0 aromatic heterocycles. The summed E-state index contributed by atoms with van der Waals surface area (Å²) in [5, 5.41) is 2.72. The van der Waals surface area contributed by atoms with E-state index < -0.39 is 28.8 Å². The molecule has 27 heavy (non-hydrogen) atoms. The number of carbonyl (C=O) groups excluding carboxylic acids is 2. The van der Waals surface area contributed by atoms with Crippen LogP contribution >= 0.6 is 0 Å². The van der Waals surface area contributed by atoms with Crippen molar-refractivity contribution >= 4 is 34.1 Å². The summed E-state index contributed by atoms with van der Waals surface area (Å²) in [7, 11) is 2.57. The first-order valence-electron chi connectivity index (χ1n) is 8.60. The van der Waals surface area contributed by atoms with Gasteiger partial charge in [-0.15, -0.1) is 0 Å². The second-order valence-electron chi connectivity index (χ2n) is 6.11. The standard InChI is InChI=1S/C20H24N2O4S/c1-5-27(25)18-9-7-6-8-17(18)20(24)26-14(2)19(23)21-15-10-12-16(13-11-15)22(3)4/h6-14H,5H2,1-4H3,(H,21,23). The van der Waals surface area contributed by atoms with Gasteiger partial charge in [-0.1, -0.05) is 19.1 Å². The van der Waals surface area contributed by atoms with Crippen molar-refractivity contribution in [3.63, 3.8) is 0 Å². The maximum absolute atomic E-state index is 12.4. The normalized spacial score (nSPS) is 12.7. The van der Waals surface area contributed by atoms with Gasteiger partial charge in [0.15, 0.2) is 6.10 Å². The van der Waals surface area contributed by atoms with Crippen LogP contribution in [0.4, 0.5) is 11.4 Å². The molecular weight excluding hydrogens is 364 g/mol. The summed E-state index contributed by atoms with van der Waals surface area (Å²) in [6.45, 7) is 3.27. The number of nitrogens with zero attached hydrogens (tertiary/aromatic N) is 1. The monoisotopic (exact) mass is 388 g/mol. The van der Waals surface area contributed by atoms with Crippen molar-refractivity contribution in [3.8, 4) is 0 Å². The van der Waals surface area contributed by atoms with Crippen LogP contribution in [0.25, 0.3) is 0 Å². The average molecular weight is 388 g/mol. The Morgan fingerprint density at radius 2 is 1.74 bits per heavy atom. The lowest BCUT2D eigenvalue weighted by Crippen LogP contribution is -2.30. The number of carbonyl (C=O) groups is 2. The van der Waals surface area contributed by atoms with Gasteiger partial charge in [0.25, 0.3) is 5.91 Å². The van der Waals surface area contributed by atoms with Gasteiger partial charge < -0.3 is 15.0 Å². The summed E-state index contributed by atoms with van der Waals surface area (Å²) in [5.74, 6) is -0.712. The molecule has 0 aliphatic carbocycles. The largest absolute Gasteiger partial charge is 0.449 e. The van der Waals surface area contributed by atoms with Crippen LogP contribution in [0.2, 0.25) is 0 Å². The third-order valence-electron chi connectivity index (χ3n) is 3.92. The zero-order chi connectivity index (χ0) is 20.0. The van der Waals surface area contributed by atoms with E-state index in [0.29, 0.717) is 16.3 Å². The molecule has 1 N–H and O–H groups in total. The van der Waals surface area contributed by atoms with Crippen LogP contribution in [0.1, 0.15) is 24.2 Å². The highest BCUT2D eigenvalue weighted by Crippen LogP contribution is 2.18. The topological polar surface area (TPSA) is 75.7 Å². The lowest BCUT2D eigenvalue weighted by atomic mass is 10.2. The summed E-state index contributed by atoms with van der Waals surface area (Å²) in [4.78, 5) is 27.1. The van der Waals surface area contributed by atoms with Crippen LogP contribution in [0.15, 0.2) is 53.4 Å². The third-order valence-corrected chi connectivity index (χ3v) is 5.29. The van der Waals surface area contributed by atoms with Gasteiger partial charge in [-0.05, 0) is 43.3 Å². The van der Waals surface area contributed by atoms with E-state index in [1.165, 1.54) is 6.92 Å². The van der Waals surface area contributed by atoms with Crippen LogP contribution in [0.3, 0.4) is 0 Å². The van der Waals surface area contributed by atoms with Gasteiger partial charge in [0.05, 0.1) is 21.3 Å². The van der Waals surface area contributed by atoms with E-state index in [1.807, 2.05) is 31.1 Å². The second kappa shape index (κ2) is 9.32. The molecule has 1 amide bonds. The molecule has 2 unspecified atom stereocenters. The number of anilines is 2. The quantitative estimate of drug-likeness (QED) is 0.738. The molecule has 0 saturated carbocycles. The molecule has 0 saturated heterocycles. The fourth-order valence-electron chi connectivity index (χ4n) is 2.35. The van der Waals surface area contributed by atoms with Crippen LogP contribution in [0.5, 0.6) is 0 Å². The van der Waals surface area contributed by atoms with Crippen molar-refractivity contribution in [1.29, 1.82) is 0 Å². The molecule has 0 fully saturated rings. The van der Waals surface area contributed by atoms with Gasteiger partial charge in [0, 0.05) is 31.2 Å². The zero-order valence-electron chi connectivity index (χ0n) is 15.9. The van der Waals surface area contributed by atoms with Crippen molar-refractivity contribution in [3.05, 3.63) is 54.1 Å². The predicted octanol–water partition coefficient (Wildman–Crippen LogP) is 3.06. The van der Waals surface area contributed by atoms with Crippen molar-refractivity contribution in [2.75, 3.05) is 30.1 Å². The third kappa shape index (κ3) is 5.40. The average Bonchev–Trinajstić information content (AvgIpc) is 2.67. The Morgan fingerprint density at radius 1 is 1.11 bits per heavy atom. The van der Waals surface area contributed by atoms with Crippen molar-refractivity contribution in [1.82, 2.24) is 0 Å². The van der Waals surface area contributed by atoms with Crippen molar-refractivity contribution in [2.24, 2.45) is 0 Å². The number of rotatable bonds is 7. The Labute approximate surface area is 162 Å². The molecular formula is C20H24N2O4S. The van der Waals surface area contributed by atoms with Crippen LogP contribution in [0, 0.1) is 0 Å². The minimum Gasteiger partial charge on any atom is -0.449 e.